The first-order valence-electron chi connectivity index (χ1n) is 9.07. The largest absolute Gasteiger partial charge is 0.481 e. The van der Waals surface area contributed by atoms with Crippen molar-refractivity contribution in [2.45, 2.75) is 19.4 Å². The van der Waals surface area contributed by atoms with E-state index in [0.29, 0.717) is 19.0 Å². The molecule has 2 aliphatic heterocycles. The predicted molar refractivity (Wildman–Crippen MR) is 94.6 cm³/mol. The van der Waals surface area contributed by atoms with Crippen molar-refractivity contribution in [1.82, 2.24) is 9.80 Å². The van der Waals surface area contributed by atoms with Gasteiger partial charge in [-0.15, -0.1) is 0 Å². The first-order chi connectivity index (χ1) is 12.5. The van der Waals surface area contributed by atoms with Crippen molar-refractivity contribution in [3.05, 3.63) is 29.8 Å². The van der Waals surface area contributed by atoms with Gasteiger partial charge in [0.15, 0.2) is 0 Å². The van der Waals surface area contributed by atoms with Crippen molar-refractivity contribution < 1.29 is 19.5 Å². The summed E-state index contributed by atoms with van der Waals surface area (Å²) in [4.78, 5) is 41.7. The molecular formula is C19H23N3O4. The molecule has 2 fully saturated rings. The fourth-order valence-electron chi connectivity index (χ4n) is 4.22. The van der Waals surface area contributed by atoms with Gasteiger partial charge in [-0.3, -0.25) is 14.5 Å². The number of nitrogens with zero attached hydrogens (tertiary/aromatic N) is 3. The lowest BCUT2D eigenvalue weighted by atomic mass is 9.92. The van der Waals surface area contributed by atoms with Crippen LogP contribution in [0.3, 0.4) is 0 Å². The van der Waals surface area contributed by atoms with E-state index in [2.05, 4.69) is 0 Å². The van der Waals surface area contributed by atoms with Crippen LogP contribution < -0.4 is 4.90 Å². The molecule has 0 aromatic heterocycles. The van der Waals surface area contributed by atoms with Gasteiger partial charge >= 0.3 is 12.0 Å². The average molecular weight is 357 g/mol. The highest BCUT2D eigenvalue weighted by Gasteiger charge is 2.47. The van der Waals surface area contributed by atoms with Crippen molar-refractivity contribution in [2.75, 3.05) is 31.6 Å². The molecule has 7 heteroatoms. The average Bonchev–Trinajstić information content (AvgIpc) is 3.36. The van der Waals surface area contributed by atoms with Gasteiger partial charge in [0.25, 0.3) is 0 Å². The van der Waals surface area contributed by atoms with Gasteiger partial charge in [0.1, 0.15) is 6.54 Å². The molecule has 4 rings (SSSR count). The normalized spacial score (nSPS) is 25.4. The molecule has 1 saturated carbocycles. The molecule has 0 radical (unpaired) electrons. The summed E-state index contributed by atoms with van der Waals surface area (Å²) < 4.78 is 0. The Morgan fingerprint density at radius 3 is 2.62 bits per heavy atom. The van der Waals surface area contributed by atoms with E-state index in [1.54, 1.807) is 16.8 Å². The molecular weight excluding hydrogens is 334 g/mol. The van der Waals surface area contributed by atoms with E-state index in [4.69, 9.17) is 0 Å². The molecule has 0 unspecified atom stereocenters. The molecule has 2 atom stereocenters. The Morgan fingerprint density at radius 1 is 1.19 bits per heavy atom. The van der Waals surface area contributed by atoms with Gasteiger partial charge in [0.2, 0.25) is 5.91 Å². The van der Waals surface area contributed by atoms with Gasteiger partial charge in [-0.2, -0.15) is 0 Å². The first kappa shape index (κ1) is 16.9. The smallest absolute Gasteiger partial charge is 0.325 e. The van der Waals surface area contributed by atoms with Crippen molar-refractivity contribution >= 4 is 23.6 Å². The van der Waals surface area contributed by atoms with E-state index < -0.39 is 11.9 Å². The molecule has 1 aromatic carbocycles. The quantitative estimate of drug-likeness (QED) is 0.888. The van der Waals surface area contributed by atoms with Crippen LogP contribution in [0.5, 0.6) is 0 Å². The van der Waals surface area contributed by atoms with Crippen LogP contribution in [-0.4, -0.2) is 59.5 Å². The predicted octanol–water partition coefficient (Wildman–Crippen LogP) is 1.63. The monoisotopic (exact) mass is 357 g/mol. The second-order valence-corrected chi connectivity index (χ2v) is 7.60. The molecule has 1 aromatic rings. The van der Waals surface area contributed by atoms with Crippen LogP contribution in [0.2, 0.25) is 0 Å². The fraction of sp³-hybridized carbons (Fsp3) is 0.526. The lowest BCUT2D eigenvalue weighted by Gasteiger charge is -2.35. The molecule has 138 valence electrons. The molecule has 1 aliphatic carbocycles. The minimum absolute atomic E-state index is 0.0449. The number of benzene rings is 1. The van der Waals surface area contributed by atoms with Gasteiger partial charge in [0.05, 0.1) is 11.6 Å². The Kier molecular flexibility index (Phi) is 4.09. The summed E-state index contributed by atoms with van der Waals surface area (Å²) in [5, 5.41) is 9.48. The van der Waals surface area contributed by atoms with E-state index in [9.17, 15) is 19.5 Å². The van der Waals surface area contributed by atoms with Crippen molar-refractivity contribution in [3.63, 3.8) is 0 Å². The lowest BCUT2D eigenvalue weighted by molar-refractivity contribution is -0.142. The van der Waals surface area contributed by atoms with Crippen LogP contribution in [-0.2, 0) is 16.1 Å². The molecule has 1 saturated heterocycles. The van der Waals surface area contributed by atoms with Crippen LogP contribution in [0.25, 0.3) is 0 Å². The Morgan fingerprint density at radius 2 is 1.92 bits per heavy atom. The van der Waals surface area contributed by atoms with Crippen LogP contribution in [0.1, 0.15) is 18.4 Å². The van der Waals surface area contributed by atoms with Crippen molar-refractivity contribution in [1.29, 1.82) is 0 Å². The van der Waals surface area contributed by atoms with Crippen LogP contribution in [0.4, 0.5) is 10.5 Å². The summed E-state index contributed by atoms with van der Waals surface area (Å²) in [6, 6.07) is 7.37. The number of hydrogen-bond donors (Lipinski definition) is 1. The molecule has 7 nitrogen and oxygen atoms in total. The summed E-state index contributed by atoms with van der Waals surface area (Å²) in [5.74, 6) is -1.02. The minimum atomic E-state index is -0.823. The van der Waals surface area contributed by atoms with Crippen molar-refractivity contribution in [3.8, 4) is 0 Å². The Hall–Kier alpha value is -2.57. The number of rotatable bonds is 4. The number of carboxylic acids is 1. The van der Waals surface area contributed by atoms with Gasteiger partial charge in [-0.1, -0.05) is 18.2 Å². The number of likely N-dealkylation sites (tertiary alicyclic amines) is 1. The van der Waals surface area contributed by atoms with Gasteiger partial charge in [0, 0.05) is 26.7 Å². The summed E-state index contributed by atoms with van der Waals surface area (Å²) in [5.41, 5.74) is 1.76. The third-order valence-corrected chi connectivity index (χ3v) is 5.80. The Balaban J connectivity index is 1.51. The van der Waals surface area contributed by atoms with Gasteiger partial charge < -0.3 is 14.9 Å². The maximum absolute atomic E-state index is 12.9. The van der Waals surface area contributed by atoms with Crippen LogP contribution in [0.15, 0.2) is 24.3 Å². The van der Waals surface area contributed by atoms with Gasteiger partial charge in [-0.25, -0.2) is 4.79 Å². The highest BCUT2D eigenvalue weighted by Crippen LogP contribution is 2.44. The molecule has 1 N–H and O–H groups in total. The SMILES string of the molecule is CN1Cc2ccccc2N(CC(=O)N2C[C@@H](C(=O)O)[C@H](C3CC3)C2)C1=O. The number of urea groups is 1. The summed E-state index contributed by atoms with van der Waals surface area (Å²) >= 11 is 0. The molecule has 3 aliphatic rings. The number of carbonyl (C=O) groups excluding carboxylic acids is 2. The summed E-state index contributed by atoms with van der Waals surface area (Å²) in [7, 11) is 1.72. The summed E-state index contributed by atoms with van der Waals surface area (Å²) in [6.45, 7) is 1.20. The van der Waals surface area contributed by atoms with Crippen LogP contribution in [0, 0.1) is 17.8 Å². The van der Waals surface area contributed by atoms with E-state index >= 15 is 0 Å². The number of hydrogen-bond acceptors (Lipinski definition) is 3. The van der Waals surface area contributed by atoms with Gasteiger partial charge in [-0.05, 0) is 36.3 Å². The van der Waals surface area contributed by atoms with E-state index in [1.165, 1.54) is 4.90 Å². The molecule has 0 bridgehead atoms. The molecule has 2 heterocycles. The number of anilines is 1. The standard InChI is InChI=1S/C19H23N3O4/c1-20-8-13-4-2-3-5-16(13)22(19(20)26)11-17(23)21-9-14(12-6-7-12)15(10-21)18(24)25/h2-5,12,14-15H,6-11H2,1H3,(H,24,25)/t14-,15+/m0/s1. The van der Waals surface area contributed by atoms with E-state index in [1.807, 2.05) is 24.3 Å². The third-order valence-electron chi connectivity index (χ3n) is 5.80. The number of amides is 3. The Labute approximate surface area is 152 Å². The number of para-hydroxylation sites is 1. The third kappa shape index (κ3) is 2.91. The zero-order valence-electron chi connectivity index (χ0n) is 14.8. The maximum atomic E-state index is 12.9. The zero-order valence-corrected chi connectivity index (χ0v) is 14.8. The highest BCUT2D eigenvalue weighted by atomic mass is 16.4. The van der Waals surface area contributed by atoms with E-state index in [-0.39, 0.29) is 30.9 Å². The second kappa shape index (κ2) is 6.30. The lowest BCUT2D eigenvalue weighted by Crippen LogP contribution is -2.49. The highest BCUT2D eigenvalue weighted by molar-refractivity contribution is 5.99. The second-order valence-electron chi connectivity index (χ2n) is 7.60. The number of aliphatic carboxylic acids is 1. The topological polar surface area (TPSA) is 81.2 Å². The fourth-order valence-corrected chi connectivity index (χ4v) is 4.22. The zero-order chi connectivity index (χ0) is 18.4. The summed E-state index contributed by atoms with van der Waals surface area (Å²) in [6.07, 6.45) is 2.11. The Bertz CT molecular complexity index is 761. The molecule has 3 amide bonds. The molecule has 0 spiro atoms. The van der Waals surface area contributed by atoms with E-state index in [0.717, 1.165) is 24.1 Å². The first-order valence-corrected chi connectivity index (χ1v) is 9.07. The van der Waals surface area contributed by atoms with Crippen molar-refractivity contribution in [2.24, 2.45) is 17.8 Å². The number of carboxylic acid groups (broad SMARTS) is 1. The minimum Gasteiger partial charge on any atom is -0.481 e. The number of fused-ring (bicyclic) bond motifs is 1. The molecule has 26 heavy (non-hydrogen) atoms. The van der Waals surface area contributed by atoms with Crippen LogP contribution >= 0.6 is 0 Å². The maximum Gasteiger partial charge on any atom is 0.325 e. The number of carbonyl (C=O) groups is 3.